The van der Waals surface area contributed by atoms with Crippen LogP contribution in [0.2, 0.25) is 0 Å². The van der Waals surface area contributed by atoms with Gasteiger partial charge in [-0.05, 0) is 31.9 Å². The van der Waals surface area contributed by atoms with Gasteiger partial charge in [0.05, 0.1) is 18.1 Å². The summed E-state index contributed by atoms with van der Waals surface area (Å²) in [4.78, 5) is 9.23. The number of nitrogens with one attached hydrogen (secondary N) is 1. The SMILES string of the molecule is Cc1c2nc(-c3ccco3)nc(NCC3CCCO3)c2nn1C. The molecular weight excluding hydrogens is 294 g/mol. The lowest BCUT2D eigenvalue weighted by atomic mass is 10.2. The number of nitrogens with zero attached hydrogens (tertiary/aromatic N) is 4. The summed E-state index contributed by atoms with van der Waals surface area (Å²) in [6.45, 7) is 3.56. The van der Waals surface area contributed by atoms with Crippen molar-refractivity contribution in [1.29, 1.82) is 0 Å². The molecule has 1 unspecified atom stereocenters. The molecule has 0 saturated carbocycles. The van der Waals surface area contributed by atoms with Crippen LogP contribution in [0, 0.1) is 6.92 Å². The van der Waals surface area contributed by atoms with Crippen molar-refractivity contribution in [2.45, 2.75) is 25.9 Å². The van der Waals surface area contributed by atoms with Crippen LogP contribution in [-0.4, -0.2) is 39.0 Å². The lowest BCUT2D eigenvalue weighted by Gasteiger charge is -2.12. The Morgan fingerprint density at radius 2 is 2.26 bits per heavy atom. The van der Waals surface area contributed by atoms with Crippen molar-refractivity contribution in [3.8, 4) is 11.6 Å². The van der Waals surface area contributed by atoms with Crippen LogP contribution < -0.4 is 5.32 Å². The first-order valence-corrected chi connectivity index (χ1v) is 7.83. The Bertz CT molecular complexity index is 819. The molecule has 1 N–H and O–H groups in total. The Kier molecular flexibility index (Phi) is 3.49. The molecule has 7 heteroatoms. The lowest BCUT2D eigenvalue weighted by molar-refractivity contribution is 0.120. The van der Waals surface area contributed by atoms with Gasteiger partial charge in [-0.25, -0.2) is 9.97 Å². The molecular formula is C16H19N5O2. The van der Waals surface area contributed by atoms with Gasteiger partial charge >= 0.3 is 0 Å². The van der Waals surface area contributed by atoms with Crippen LogP contribution in [0.3, 0.4) is 0 Å². The van der Waals surface area contributed by atoms with Crippen molar-refractivity contribution >= 4 is 16.9 Å². The quantitative estimate of drug-likeness (QED) is 0.797. The predicted octanol–water partition coefficient (Wildman–Crippen LogP) is 2.52. The van der Waals surface area contributed by atoms with Gasteiger partial charge in [0.25, 0.3) is 0 Å². The fourth-order valence-electron chi connectivity index (χ4n) is 2.84. The molecule has 1 saturated heterocycles. The minimum Gasteiger partial charge on any atom is -0.461 e. The number of fused-ring (bicyclic) bond motifs is 1. The molecule has 1 aliphatic rings. The first kappa shape index (κ1) is 14.2. The molecule has 3 aromatic rings. The number of furan rings is 1. The van der Waals surface area contributed by atoms with E-state index in [-0.39, 0.29) is 6.10 Å². The molecule has 0 amide bonds. The fourth-order valence-corrected chi connectivity index (χ4v) is 2.84. The summed E-state index contributed by atoms with van der Waals surface area (Å²) in [6.07, 6.45) is 4.05. The third-order valence-electron chi connectivity index (χ3n) is 4.22. The molecule has 0 aromatic carbocycles. The molecule has 23 heavy (non-hydrogen) atoms. The van der Waals surface area contributed by atoms with E-state index < -0.39 is 0 Å². The summed E-state index contributed by atoms with van der Waals surface area (Å²) in [7, 11) is 1.91. The monoisotopic (exact) mass is 313 g/mol. The lowest BCUT2D eigenvalue weighted by Crippen LogP contribution is -2.19. The van der Waals surface area contributed by atoms with Crippen LogP contribution >= 0.6 is 0 Å². The third kappa shape index (κ3) is 2.57. The number of ether oxygens (including phenoxy) is 1. The van der Waals surface area contributed by atoms with E-state index in [1.165, 1.54) is 0 Å². The van der Waals surface area contributed by atoms with E-state index >= 15 is 0 Å². The van der Waals surface area contributed by atoms with Crippen molar-refractivity contribution < 1.29 is 9.15 Å². The second-order valence-corrected chi connectivity index (χ2v) is 5.80. The Morgan fingerprint density at radius 3 is 3.00 bits per heavy atom. The van der Waals surface area contributed by atoms with Crippen molar-refractivity contribution in [1.82, 2.24) is 19.7 Å². The minimum atomic E-state index is 0.233. The zero-order valence-corrected chi connectivity index (χ0v) is 13.2. The Hall–Kier alpha value is -2.41. The number of anilines is 1. The molecule has 1 fully saturated rings. The van der Waals surface area contributed by atoms with Crippen LogP contribution in [0.15, 0.2) is 22.8 Å². The van der Waals surface area contributed by atoms with E-state index in [9.17, 15) is 0 Å². The molecule has 120 valence electrons. The first-order valence-electron chi connectivity index (χ1n) is 7.83. The van der Waals surface area contributed by atoms with Gasteiger partial charge < -0.3 is 14.5 Å². The summed E-state index contributed by atoms with van der Waals surface area (Å²) in [5, 5.41) is 7.92. The fraction of sp³-hybridized carbons (Fsp3) is 0.438. The molecule has 7 nitrogen and oxygen atoms in total. The van der Waals surface area contributed by atoms with Gasteiger partial charge in [-0.1, -0.05) is 0 Å². The van der Waals surface area contributed by atoms with E-state index in [1.54, 1.807) is 6.26 Å². The highest BCUT2D eigenvalue weighted by Crippen LogP contribution is 2.26. The minimum absolute atomic E-state index is 0.233. The van der Waals surface area contributed by atoms with Crippen LogP contribution in [0.5, 0.6) is 0 Å². The Balaban J connectivity index is 1.75. The Labute approximate surface area is 133 Å². The van der Waals surface area contributed by atoms with Gasteiger partial charge in [-0.2, -0.15) is 5.10 Å². The molecule has 0 radical (unpaired) electrons. The van der Waals surface area contributed by atoms with Crippen LogP contribution in [0.4, 0.5) is 5.82 Å². The summed E-state index contributed by atoms with van der Waals surface area (Å²) >= 11 is 0. The maximum Gasteiger partial charge on any atom is 0.198 e. The van der Waals surface area contributed by atoms with Crippen LogP contribution in [0.25, 0.3) is 22.6 Å². The predicted molar refractivity (Wildman–Crippen MR) is 86.2 cm³/mol. The van der Waals surface area contributed by atoms with Crippen molar-refractivity contribution in [3.05, 3.63) is 24.1 Å². The zero-order valence-electron chi connectivity index (χ0n) is 13.2. The smallest absolute Gasteiger partial charge is 0.198 e. The maximum absolute atomic E-state index is 5.67. The van der Waals surface area contributed by atoms with E-state index in [0.29, 0.717) is 11.6 Å². The zero-order chi connectivity index (χ0) is 15.8. The molecule has 0 aliphatic carbocycles. The maximum atomic E-state index is 5.67. The van der Waals surface area contributed by atoms with Crippen LogP contribution in [-0.2, 0) is 11.8 Å². The second kappa shape index (κ2) is 5.66. The van der Waals surface area contributed by atoms with Gasteiger partial charge in [-0.3, -0.25) is 4.68 Å². The molecule has 1 aliphatic heterocycles. The number of hydrogen-bond acceptors (Lipinski definition) is 6. The van der Waals surface area contributed by atoms with E-state index in [0.717, 1.165) is 48.5 Å². The second-order valence-electron chi connectivity index (χ2n) is 5.80. The average molecular weight is 313 g/mol. The van der Waals surface area contributed by atoms with Crippen molar-refractivity contribution in [2.24, 2.45) is 7.05 Å². The first-order chi connectivity index (χ1) is 11.2. The summed E-state index contributed by atoms with van der Waals surface area (Å²) in [5.74, 6) is 1.93. The third-order valence-corrected chi connectivity index (χ3v) is 4.22. The summed E-state index contributed by atoms with van der Waals surface area (Å²) in [6, 6.07) is 3.69. The highest BCUT2D eigenvalue weighted by atomic mass is 16.5. The van der Waals surface area contributed by atoms with Crippen LogP contribution in [0.1, 0.15) is 18.5 Å². The molecule has 4 rings (SSSR count). The van der Waals surface area contributed by atoms with Crippen molar-refractivity contribution in [2.75, 3.05) is 18.5 Å². The largest absolute Gasteiger partial charge is 0.461 e. The topological polar surface area (TPSA) is 78.0 Å². The average Bonchev–Trinajstić information content (AvgIpc) is 3.29. The summed E-state index contributed by atoms with van der Waals surface area (Å²) < 4.78 is 12.9. The number of aryl methyl sites for hydroxylation is 2. The van der Waals surface area contributed by atoms with E-state index in [1.807, 2.05) is 30.8 Å². The molecule has 4 heterocycles. The van der Waals surface area contributed by atoms with Gasteiger partial charge in [0.1, 0.15) is 5.52 Å². The van der Waals surface area contributed by atoms with Gasteiger partial charge in [0, 0.05) is 20.2 Å². The number of hydrogen-bond donors (Lipinski definition) is 1. The molecule has 3 aromatic heterocycles. The molecule has 0 bridgehead atoms. The highest BCUT2D eigenvalue weighted by Gasteiger charge is 2.19. The standard InChI is InChI=1S/C16H19N5O2/c1-10-13-14(20-21(10)2)16(17-9-11-5-3-7-22-11)19-15(18-13)12-6-4-8-23-12/h4,6,8,11H,3,5,7,9H2,1-2H3,(H,17,18,19). The van der Waals surface area contributed by atoms with Gasteiger partial charge in [0.2, 0.25) is 0 Å². The van der Waals surface area contributed by atoms with Crippen molar-refractivity contribution in [3.63, 3.8) is 0 Å². The van der Waals surface area contributed by atoms with E-state index in [4.69, 9.17) is 9.15 Å². The highest BCUT2D eigenvalue weighted by molar-refractivity contribution is 5.88. The Morgan fingerprint density at radius 1 is 1.35 bits per heavy atom. The molecule has 0 spiro atoms. The van der Waals surface area contributed by atoms with Gasteiger partial charge in [-0.15, -0.1) is 0 Å². The normalized spacial score (nSPS) is 17.9. The summed E-state index contributed by atoms with van der Waals surface area (Å²) in [5.41, 5.74) is 2.61. The van der Waals surface area contributed by atoms with Gasteiger partial charge in [0.15, 0.2) is 22.9 Å². The number of aromatic nitrogens is 4. The molecule has 1 atom stereocenters. The van der Waals surface area contributed by atoms with E-state index in [2.05, 4.69) is 20.4 Å². The number of rotatable bonds is 4.